The van der Waals surface area contributed by atoms with Gasteiger partial charge >= 0.3 is 17.9 Å². The molecule has 10 heteroatoms. The van der Waals surface area contributed by atoms with Crippen LogP contribution in [0.2, 0.25) is 0 Å². The van der Waals surface area contributed by atoms with Gasteiger partial charge in [-0.2, -0.15) is 0 Å². The lowest BCUT2D eigenvalue weighted by molar-refractivity contribution is -0.872. The van der Waals surface area contributed by atoms with Crippen LogP contribution in [0.4, 0.5) is 0 Å². The van der Waals surface area contributed by atoms with Gasteiger partial charge < -0.3 is 34.1 Å². The number of rotatable bonds is 9. The summed E-state index contributed by atoms with van der Waals surface area (Å²) in [6.45, 7) is 4.66. The van der Waals surface area contributed by atoms with E-state index < -0.39 is 29.8 Å². The summed E-state index contributed by atoms with van der Waals surface area (Å²) in [7, 11) is 5.72. The molecule has 0 heterocycles. The molecule has 0 radical (unpaired) electrons. The van der Waals surface area contributed by atoms with E-state index >= 15 is 0 Å². The van der Waals surface area contributed by atoms with Gasteiger partial charge in [-0.15, -0.1) is 0 Å². The second-order valence-corrected chi connectivity index (χ2v) is 6.38. The molecule has 0 spiro atoms. The molecule has 0 atom stereocenters. The van der Waals surface area contributed by atoms with Gasteiger partial charge in [0.15, 0.2) is 11.9 Å². The summed E-state index contributed by atoms with van der Waals surface area (Å²) in [5.74, 6) is -5.26. The number of aliphatic carboxylic acids is 2. The Hall–Kier alpha value is -3.14. The van der Waals surface area contributed by atoms with Crippen LogP contribution in [-0.4, -0.2) is 63.4 Å². The molecule has 0 bridgehead atoms. The predicted octanol–water partition coefficient (Wildman–Crippen LogP) is -1.55. The third-order valence-corrected chi connectivity index (χ3v) is 3.65. The van der Waals surface area contributed by atoms with E-state index in [0.29, 0.717) is 0 Å². The Bertz CT molecular complexity index is 701. The molecule has 2 N–H and O–H groups in total. The molecule has 168 valence electrons. The molecule has 1 rings (SSSR count). The fraction of sp³-hybridized carbons (Fsp3) is 0.500. The van der Waals surface area contributed by atoms with Crippen LogP contribution in [0, 0.1) is 5.92 Å². The molecular weight excluding hydrogens is 398 g/mol. The Morgan fingerprint density at radius 2 is 1.57 bits per heavy atom. The summed E-state index contributed by atoms with van der Waals surface area (Å²) in [5.41, 5.74) is 1.90. The fourth-order valence-electron chi connectivity index (χ4n) is 2.46. The van der Waals surface area contributed by atoms with Crippen molar-refractivity contribution in [3.8, 4) is 5.75 Å². The number of carboxylic acid groups (broad SMARTS) is 2. The molecule has 1 aromatic carbocycles. The summed E-state index contributed by atoms with van der Waals surface area (Å²) in [6, 6.07) is 5.69. The highest BCUT2D eigenvalue weighted by atomic mass is 16.6. The van der Waals surface area contributed by atoms with Crippen molar-refractivity contribution in [2.75, 3.05) is 34.4 Å². The molecule has 0 amide bonds. The zero-order valence-electron chi connectivity index (χ0n) is 17.9. The smallest absolute Gasteiger partial charge is 0.351 e. The summed E-state index contributed by atoms with van der Waals surface area (Å²) in [4.78, 5) is 43.5. The minimum atomic E-state index is -2.07. The second-order valence-electron chi connectivity index (χ2n) is 6.38. The Morgan fingerprint density at radius 1 is 1.07 bits per heavy atom. The van der Waals surface area contributed by atoms with Gasteiger partial charge in [-0.25, -0.2) is 4.79 Å². The number of methoxy groups -OCH3 is 1. The standard InChI is InChI=1S/C18H27NO5.C2H2O4/c1-6-23-17(20)15(18(21)24-7-2)11-13-8-9-16(22-5)14(10-13)12-19(3)4;3-1(4)2(5)6/h8-10,15H,6-7,11-12H2,1-5H3;(H,3,4)(H,5,6). The Morgan fingerprint density at radius 3 is 1.93 bits per heavy atom. The van der Waals surface area contributed by atoms with Crippen molar-refractivity contribution in [2.24, 2.45) is 5.92 Å². The zero-order chi connectivity index (χ0) is 23.3. The monoisotopic (exact) mass is 427 g/mol. The van der Waals surface area contributed by atoms with Gasteiger partial charge in [0, 0.05) is 5.56 Å². The van der Waals surface area contributed by atoms with Crippen LogP contribution in [0.25, 0.3) is 0 Å². The van der Waals surface area contributed by atoms with Crippen molar-refractivity contribution in [1.82, 2.24) is 0 Å². The number of nitrogens with one attached hydrogen (secondary N) is 1. The van der Waals surface area contributed by atoms with Gasteiger partial charge in [0.05, 0.1) is 34.4 Å². The first-order valence-electron chi connectivity index (χ1n) is 9.29. The topological polar surface area (TPSA) is 144 Å². The lowest BCUT2D eigenvalue weighted by atomic mass is 9.97. The van der Waals surface area contributed by atoms with E-state index in [9.17, 15) is 9.59 Å². The van der Waals surface area contributed by atoms with Gasteiger partial charge in [0.1, 0.15) is 12.3 Å². The van der Waals surface area contributed by atoms with Crippen molar-refractivity contribution in [2.45, 2.75) is 26.8 Å². The van der Waals surface area contributed by atoms with E-state index in [4.69, 9.17) is 34.0 Å². The molecule has 0 unspecified atom stereocenters. The molecule has 0 saturated heterocycles. The number of quaternary nitrogens is 1. The van der Waals surface area contributed by atoms with E-state index in [1.165, 1.54) is 4.90 Å². The molecule has 10 nitrogen and oxygen atoms in total. The third kappa shape index (κ3) is 9.87. The average Bonchev–Trinajstić information content (AvgIpc) is 2.66. The quantitative estimate of drug-likeness (QED) is 0.272. The highest BCUT2D eigenvalue weighted by Gasteiger charge is 2.30. The van der Waals surface area contributed by atoms with Gasteiger partial charge in [-0.3, -0.25) is 9.59 Å². The number of carbonyl (C=O) groups is 4. The molecule has 0 aliphatic carbocycles. The molecule has 0 saturated carbocycles. The van der Waals surface area contributed by atoms with Crippen LogP contribution in [0.3, 0.4) is 0 Å². The number of hydrogen-bond donors (Lipinski definition) is 2. The molecular formula is C20H29NO9. The molecule has 1 aromatic rings. The molecule has 0 aromatic heterocycles. The van der Waals surface area contributed by atoms with Crippen LogP contribution in [0.5, 0.6) is 5.75 Å². The maximum absolute atomic E-state index is 12.1. The van der Waals surface area contributed by atoms with Crippen molar-refractivity contribution in [1.29, 1.82) is 0 Å². The van der Waals surface area contributed by atoms with Crippen molar-refractivity contribution in [3.05, 3.63) is 29.3 Å². The van der Waals surface area contributed by atoms with Crippen molar-refractivity contribution < 1.29 is 48.5 Å². The first-order chi connectivity index (χ1) is 14.1. The van der Waals surface area contributed by atoms with Crippen molar-refractivity contribution in [3.63, 3.8) is 0 Å². The van der Waals surface area contributed by atoms with E-state index in [1.54, 1.807) is 21.0 Å². The number of carbonyl (C=O) groups excluding carboxylic acids is 3. The Labute approximate surface area is 175 Å². The van der Waals surface area contributed by atoms with Gasteiger partial charge in [-0.05, 0) is 38.0 Å². The van der Waals surface area contributed by atoms with Crippen LogP contribution >= 0.6 is 0 Å². The summed E-state index contributed by atoms with van der Waals surface area (Å²) < 4.78 is 15.4. The first kappa shape index (κ1) is 26.9. The Kier molecular flexibility index (Phi) is 12.5. The molecule has 0 fully saturated rings. The average molecular weight is 427 g/mol. The fourth-order valence-corrected chi connectivity index (χ4v) is 2.46. The zero-order valence-corrected chi connectivity index (χ0v) is 17.9. The lowest BCUT2D eigenvalue weighted by Crippen LogP contribution is -3.04. The van der Waals surface area contributed by atoms with Crippen molar-refractivity contribution >= 4 is 23.9 Å². The predicted molar refractivity (Wildman–Crippen MR) is 103 cm³/mol. The lowest BCUT2D eigenvalue weighted by Gasteiger charge is -2.16. The SMILES string of the molecule is CCOC(=O)C(Cc1ccc(OC)c(C[NH+](C)C)c1)C(=O)OCC.O=C([O-])C(=O)O. The first-order valence-corrected chi connectivity index (χ1v) is 9.29. The number of carboxylic acids is 2. The van der Waals surface area contributed by atoms with E-state index in [0.717, 1.165) is 23.4 Å². The second kappa shape index (κ2) is 13.9. The summed E-state index contributed by atoms with van der Waals surface area (Å²) in [6.07, 6.45) is 0.247. The van der Waals surface area contributed by atoms with E-state index in [1.807, 2.05) is 32.3 Å². The third-order valence-electron chi connectivity index (χ3n) is 3.65. The van der Waals surface area contributed by atoms with Crippen LogP contribution < -0.4 is 14.7 Å². The highest BCUT2D eigenvalue weighted by molar-refractivity contribution is 6.26. The normalized spacial score (nSPS) is 10.1. The van der Waals surface area contributed by atoms with Crippen LogP contribution in [0.15, 0.2) is 18.2 Å². The molecule has 30 heavy (non-hydrogen) atoms. The van der Waals surface area contributed by atoms with Crippen LogP contribution in [-0.2, 0) is 41.6 Å². The molecule has 0 aliphatic rings. The van der Waals surface area contributed by atoms with Gasteiger partial charge in [0.25, 0.3) is 0 Å². The molecule has 0 aliphatic heterocycles. The minimum absolute atomic E-state index is 0.229. The highest BCUT2D eigenvalue weighted by Crippen LogP contribution is 2.22. The van der Waals surface area contributed by atoms with E-state index in [2.05, 4.69) is 0 Å². The summed E-state index contributed by atoms with van der Waals surface area (Å²) >= 11 is 0. The number of esters is 2. The van der Waals surface area contributed by atoms with E-state index in [-0.39, 0.29) is 19.6 Å². The van der Waals surface area contributed by atoms with Gasteiger partial charge in [0.2, 0.25) is 0 Å². The maximum atomic E-state index is 12.1. The summed E-state index contributed by atoms with van der Waals surface area (Å²) in [5, 5.41) is 16.3. The maximum Gasteiger partial charge on any atom is 0.351 e. The number of benzene rings is 1. The largest absolute Gasteiger partial charge is 0.539 e. The Balaban J connectivity index is 0.00000122. The van der Waals surface area contributed by atoms with Crippen LogP contribution in [0.1, 0.15) is 25.0 Å². The van der Waals surface area contributed by atoms with Gasteiger partial charge in [-0.1, -0.05) is 6.07 Å². The number of hydrogen-bond acceptors (Lipinski definition) is 8. The number of ether oxygens (including phenoxy) is 3. The minimum Gasteiger partial charge on any atom is -0.539 e.